The number of fused-ring (bicyclic) bond motifs is 1. The van der Waals surface area contributed by atoms with Crippen LogP contribution in [0.3, 0.4) is 0 Å². The van der Waals surface area contributed by atoms with Crippen LogP contribution in [0.2, 0.25) is 0 Å². The molecule has 0 saturated heterocycles. The van der Waals surface area contributed by atoms with Crippen molar-refractivity contribution in [3.8, 4) is 0 Å². The highest BCUT2D eigenvalue weighted by Gasteiger charge is 2.21. The summed E-state index contributed by atoms with van der Waals surface area (Å²) in [6.45, 7) is 0. The second-order valence-corrected chi connectivity index (χ2v) is 3.73. The van der Waals surface area contributed by atoms with E-state index in [2.05, 4.69) is 0 Å². The summed E-state index contributed by atoms with van der Waals surface area (Å²) < 4.78 is 15.1. The lowest BCUT2D eigenvalue weighted by Gasteiger charge is -1.96. The molecular weight excluding hydrogens is 233 g/mol. The number of Topliss-reactive ketones (excluding diaryl/α,β-unsaturated/α-hetero) is 1. The monoisotopic (exact) mass is 239 g/mol. The van der Waals surface area contributed by atoms with E-state index in [-0.39, 0.29) is 10.9 Å². The van der Waals surface area contributed by atoms with Gasteiger partial charge in [0.25, 0.3) is 5.24 Å². The van der Waals surface area contributed by atoms with E-state index in [1.54, 1.807) is 17.7 Å². The Kier molecular flexibility index (Phi) is 2.52. The van der Waals surface area contributed by atoms with Crippen LogP contribution in [0.25, 0.3) is 10.9 Å². The second kappa shape index (κ2) is 3.72. The first-order chi connectivity index (χ1) is 7.52. The maximum atomic E-state index is 13.6. The highest BCUT2D eigenvalue weighted by Crippen LogP contribution is 2.24. The molecule has 1 heterocycles. The van der Waals surface area contributed by atoms with E-state index in [0.717, 1.165) is 0 Å². The minimum Gasteiger partial charge on any atom is -0.350 e. The number of hydrogen-bond acceptors (Lipinski definition) is 2. The van der Waals surface area contributed by atoms with Crippen LogP contribution in [0.15, 0.2) is 24.4 Å². The van der Waals surface area contributed by atoms with Gasteiger partial charge in [0.1, 0.15) is 5.82 Å². The predicted octanol–water partition coefficient (Wildman–Crippen LogP) is 2.27. The van der Waals surface area contributed by atoms with Crippen LogP contribution in [0.1, 0.15) is 10.4 Å². The number of benzene rings is 1. The molecule has 0 aliphatic carbocycles. The average molecular weight is 240 g/mol. The molecule has 16 heavy (non-hydrogen) atoms. The highest BCUT2D eigenvalue weighted by atomic mass is 35.5. The van der Waals surface area contributed by atoms with Crippen LogP contribution in [0, 0.1) is 5.82 Å². The fourth-order valence-electron chi connectivity index (χ4n) is 1.68. The number of rotatable bonds is 2. The molecule has 1 aromatic carbocycles. The third kappa shape index (κ3) is 1.51. The van der Waals surface area contributed by atoms with Gasteiger partial charge in [-0.25, -0.2) is 4.39 Å². The number of carbonyl (C=O) groups is 2. The Morgan fingerprint density at radius 3 is 2.69 bits per heavy atom. The van der Waals surface area contributed by atoms with Gasteiger partial charge in [-0.1, -0.05) is 6.07 Å². The molecule has 0 bridgehead atoms. The van der Waals surface area contributed by atoms with Gasteiger partial charge in [-0.05, 0) is 23.7 Å². The molecule has 0 aliphatic rings. The smallest absolute Gasteiger partial charge is 0.293 e. The van der Waals surface area contributed by atoms with E-state index in [4.69, 9.17) is 11.6 Å². The topological polar surface area (TPSA) is 39.1 Å². The zero-order chi connectivity index (χ0) is 11.9. The number of hydrogen-bond donors (Lipinski definition) is 0. The molecule has 0 fully saturated rings. The van der Waals surface area contributed by atoms with Crippen molar-refractivity contribution in [1.29, 1.82) is 0 Å². The van der Waals surface area contributed by atoms with Gasteiger partial charge in [-0.3, -0.25) is 9.59 Å². The van der Waals surface area contributed by atoms with Crippen molar-refractivity contribution in [3.63, 3.8) is 0 Å². The molecule has 3 nitrogen and oxygen atoms in total. The molecule has 1 aromatic heterocycles. The summed E-state index contributed by atoms with van der Waals surface area (Å²) in [7, 11) is 1.66. The third-order valence-corrected chi connectivity index (χ3v) is 2.56. The van der Waals surface area contributed by atoms with Gasteiger partial charge < -0.3 is 4.57 Å². The Balaban J connectivity index is 2.81. The summed E-state index contributed by atoms with van der Waals surface area (Å²) in [6, 6.07) is 4.43. The third-order valence-electron chi connectivity index (χ3n) is 2.39. The van der Waals surface area contributed by atoms with E-state index >= 15 is 0 Å². The van der Waals surface area contributed by atoms with Crippen LogP contribution in [-0.4, -0.2) is 15.6 Å². The van der Waals surface area contributed by atoms with Crippen molar-refractivity contribution in [2.75, 3.05) is 0 Å². The minimum absolute atomic E-state index is 0.00407. The molecule has 5 heteroatoms. The number of carbonyl (C=O) groups excluding carboxylic acids is 2. The summed E-state index contributed by atoms with van der Waals surface area (Å²) in [5.74, 6) is -1.43. The quantitative estimate of drug-likeness (QED) is 0.458. The van der Waals surface area contributed by atoms with Crippen LogP contribution >= 0.6 is 11.6 Å². The zero-order valence-electron chi connectivity index (χ0n) is 8.33. The normalized spacial score (nSPS) is 10.7. The SMILES string of the molecule is Cn1cc(C(=O)C(=O)Cl)c2c(F)cccc21. The minimum atomic E-state index is -1.12. The standard InChI is InChI=1S/C11H7ClFNO2/c1-14-5-6(10(15)11(12)16)9-7(13)3-2-4-8(9)14/h2-5H,1H3. The largest absolute Gasteiger partial charge is 0.350 e. The molecule has 82 valence electrons. The molecule has 0 saturated carbocycles. The second-order valence-electron chi connectivity index (χ2n) is 3.39. The zero-order valence-corrected chi connectivity index (χ0v) is 9.08. The van der Waals surface area contributed by atoms with Gasteiger partial charge in [0.15, 0.2) is 0 Å². The van der Waals surface area contributed by atoms with E-state index < -0.39 is 16.8 Å². The van der Waals surface area contributed by atoms with Gasteiger partial charge in [0.05, 0.1) is 11.1 Å². The number of aryl methyl sites for hydroxylation is 1. The maximum absolute atomic E-state index is 13.6. The molecule has 0 amide bonds. The molecule has 0 radical (unpaired) electrons. The lowest BCUT2D eigenvalue weighted by molar-refractivity contribution is -0.108. The van der Waals surface area contributed by atoms with Crippen LogP contribution in [-0.2, 0) is 11.8 Å². The van der Waals surface area contributed by atoms with Crippen molar-refractivity contribution in [2.24, 2.45) is 7.05 Å². The van der Waals surface area contributed by atoms with E-state index in [9.17, 15) is 14.0 Å². The summed E-state index contributed by atoms with van der Waals surface area (Å²) in [5, 5.41) is -0.986. The highest BCUT2D eigenvalue weighted by molar-refractivity contribution is 6.83. The van der Waals surface area contributed by atoms with Gasteiger partial charge in [-0.2, -0.15) is 0 Å². The predicted molar refractivity (Wildman–Crippen MR) is 58.1 cm³/mol. The molecule has 0 atom stereocenters. The summed E-state index contributed by atoms with van der Waals surface area (Å²) >= 11 is 5.10. The van der Waals surface area contributed by atoms with Crippen molar-refractivity contribution < 1.29 is 14.0 Å². The first-order valence-electron chi connectivity index (χ1n) is 4.50. The van der Waals surface area contributed by atoms with Crippen LogP contribution in [0.4, 0.5) is 4.39 Å². The Morgan fingerprint density at radius 2 is 2.06 bits per heavy atom. The van der Waals surface area contributed by atoms with Crippen LogP contribution < -0.4 is 0 Å². The fourth-order valence-corrected chi connectivity index (χ4v) is 1.78. The Hall–Kier alpha value is -1.68. The fraction of sp³-hybridized carbons (Fsp3) is 0.0909. The Morgan fingerprint density at radius 1 is 1.38 bits per heavy atom. The van der Waals surface area contributed by atoms with Crippen molar-refractivity contribution >= 4 is 33.5 Å². The number of halogens is 2. The Bertz CT molecular complexity index is 603. The van der Waals surface area contributed by atoms with E-state index in [0.29, 0.717) is 5.52 Å². The average Bonchev–Trinajstić information content (AvgIpc) is 2.57. The van der Waals surface area contributed by atoms with Crippen molar-refractivity contribution in [2.45, 2.75) is 0 Å². The number of ketones is 1. The van der Waals surface area contributed by atoms with Crippen molar-refractivity contribution in [3.05, 3.63) is 35.8 Å². The molecule has 0 spiro atoms. The van der Waals surface area contributed by atoms with Gasteiger partial charge in [0, 0.05) is 18.6 Å². The summed E-state index contributed by atoms with van der Waals surface area (Å²) in [4.78, 5) is 22.3. The Labute approximate surface area is 95.4 Å². The molecule has 2 rings (SSSR count). The lowest BCUT2D eigenvalue weighted by Crippen LogP contribution is -2.06. The number of aromatic nitrogens is 1. The number of nitrogens with zero attached hydrogens (tertiary/aromatic N) is 1. The van der Waals surface area contributed by atoms with Crippen molar-refractivity contribution in [1.82, 2.24) is 4.57 Å². The maximum Gasteiger partial charge on any atom is 0.293 e. The summed E-state index contributed by atoms with van der Waals surface area (Å²) in [5.41, 5.74) is 0.539. The summed E-state index contributed by atoms with van der Waals surface area (Å²) in [6.07, 6.45) is 1.40. The van der Waals surface area contributed by atoms with E-state index in [1.165, 1.54) is 18.3 Å². The molecule has 0 unspecified atom stereocenters. The molecule has 2 aromatic rings. The van der Waals surface area contributed by atoms with Crippen LogP contribution in [0.5, 0.6) is 0 Å². The van der Waals surface area contributed by atoms with Gasteiger partial charge >= 0.3 is 0 Å². The first-order valence-corrected chi connectivity index (χ1v) is 4.88. The van der Waals surface area contributed by atoms with E-state index in [1.807, 2.05) is 0 Å². The van der Waals surface area contributed by atoms with Gasteiger partial charge in [-0.15, -0.1) is 0 Å². The molecular formula is C11H7ClFNO2. The molecule has 0 aliphatic heterocycles. The van der Waals surface area contributed by atoms with Gasteiger partial charge in [0.2, 0.25) is 5.78 Å². The lowest BCUT2D eigenvalue weighted by atomic mass is 10.1. The molecule has 0 N–H and O–H groups in total. The first kappa shape index (κ1) is 10.8.